The molecule has 0 atom stereocenters. The zero-order valence-electron chi connectivity index (χ0n) is 9.19. The number of halogens is 2. The third-order valence-electron chi connectivity index (χ3n) is 3.41. The van der Waals surface area contributed by atoms with Crippen LogP contribution in [0.1, 0.15) is 49.4 Å². The minimum absolute atomic E-state index is 0.138. The number of carbonyl (C=O) groups excluding carboxylic acids is 1. The average Bonchev–Trinajstić information content (AvgIpc) is 2.58. The summed E-state index contributed by atoms with van der Waals surface area (Å²) in [5.41, 5.74) is 0.711. The molecule has 0 N–H and O–H groups in total. The number of hydrogen-bond donors (Lipinski definition) is 0. The first-order valence-electron chi connectivity index (χ1n) is 5.52. The maximum Gasteiger partial charge on any atom is 0.170 e. The molecule has 0 aliphatic heterocycles. The van der Waals surface area contributed by atoms with Gasteiger partial charge in [-0.25, -0.2) is 0 Å². The molecule has 1 fully saturated rings. The van der Waals surface area contributed by atoms with Gasteiger partial charge < -0.3 is 0 Å². The van der Waals surface area contributed by atoms with Crippen LogP contribution >= 0.6 is 43.2 Å². The molecule has 0 aromatic carbocycles. The van der Waals surface area contributed by atoms with E-state index in [0.717, 1.165) is 26.0 Å². The molecule has 1 saturated carbocycles. The largest absolute Gasteiger partial charge is 0.293 e. The highest BCUT2D eigenvalue weighted by molar-refractivity contribution is 9.12. The van der Waals surface area contributed by atoms with Crippen molar-refractivity contribution in [3.63, 3.8) is 0 Å². The van der Waals surface area contributed by atoms with Crippen molar-refractivity contribution < 1.29 is 4.79 Å². The van der Waals surface area contributed by atoms with Gasteiger partial charge in [0, 0.05) is 11.0 Å². The second-order valence-electron chi connectivity index (χ2n) is 4.69. The summed E-state index contributed by atoms with van der Waals surface area (Å²) in [6.45, 7) is 2.12. The number of Topliss-reactive ketones (excluding diaryl/α,β-unsaturated/α-hetero) is 1. The molecule has 0 spiro atoms. The minimum atomic E-state index is -0.138. The highest BCUT2D eigenvalue weighted by Gasteiger charge is 2.36. The number of thiophene rings is 1. The molecule has 16 heavy (non-hydrogen) atoms. The number of carbonyl (C=O) groups is 1. The van der Waals surface area contributed by atoms with Crippen LogP contribution in [0, 0.1) is 5.41 Å². The summed E-state index contributed by atoms with van der Waals surface area (Å²) in [5, 5.41) is 0. The number of ketones is 1. The second kappa shape index (κ2) is 4.91. The van der Waals surface area contributed by atoms with E-state index < -0.39 is 0 Å². The van der Waals surface area contributed by atoms with E-state index in [1.54, 1.807) is 11.3 Å². The molecule has 4 heteroatoms. The maximum absolute atomic E-state index is 12.5. The lowest BCUT2D eigenvalue weighted by Crippen LogP contribution is -2.30. The monoisotopic (exact) mass is 364 g/mol. The van der Waals surface area contributed by atoms with Gasteiger partial charge in [0.2, 0.25) is 0 Å². The molecule has 1 aliphatic carbocycles. The van der Waals surface area contributed by atoms with Crippen molar-refractivity contribution in [2.75, 3.05) is 0 Å². The smallest absolute Gasteiger partial charge is 0.170 e. The Balaban J connectivity index is 2.27. The summed E-state index contributed by atoms with van der Waals surface area (Å²) >= 11 is 8.48. The lowest BCUT2D eigenvalue weighted by atomic mass is 9.71. The summed E-state index contributed by atoms with van der Waals surface area (Å²) in [6, 6.07) is 1.94. The van der Waals surface area contributed by atoms with E-state index in [1.165, 1.54) is 19.3 Å². The molecule has 0 saturated heterocycles. The molecule has 0 radical (unpaired) electrons. The third-order valence-corrected chi connectivity index (χ3v) is 5.75. The molecule has 1 heterocycles. The van der Waals surface area contributed by atoms with Crippen LogP contribution in [-0.4, -0.2) is 5.78 Å². The van der Waals surface area contributed by atoms with Gasteiger partial charge in [-0.2, -0.15) is 0 Å². The molecule has 1 aliphatic rings. The van der Waals surface area contributed by atoms with Crippen molar-refractivity contribution in [3.8, 4) is 0 Å². The van der Waals surface area contributed by atoms with Gasteiger partial charge in [0.25, 0.3) is 0 Å². The van der Waals surface area contributed by atoms with E-state index in [0.29, 0.717) is 5.78 Å². The Bertz CT molecular complexity index is 405. The van der Waals surface area contributed by atoms with Crippen molar-refractivity contribution in [2.24, 2.45) is 5.41 Å². The zero-order valence-corrected chi connectivity index (χ0v) is 13.2. The molecule has 0 unspecified atom stereocenters. The predicted molar refractivity (Wildman–Crippen MR) is 75.2 cm³/mol. The van der Waals surface area contributed by atoms with E-state index >= 15 is 0 Å². The summed E-state index contributed by atoms with van der Waals surface area (Å²) in [5.74, 6) is 0.307. The zero-order chi connectivity index (χ0) is 11.8. The molecule has 2 rings (SSSR count). The van der Waals surface area contributed by atoms with E-state index in [-0.39, 0.29) is 5.41 Å². The van der Waals surface area contributed by atoms with Gasteiger partial charge in [-0.3, -0.25) is 4.79 Å². The lowest BCUT2D eigenvalue weighted by molar-refractivity contribution is 0.0749. The number of rotatable bonds is 2. The maximum atomic E-state index is 12.5. The van der Waals surface area contributed by atoms with E-state index in [4.69, 9.17) is 0 Å². The quantitative estimate of drug-likeness (QED) is 0.639. The van der Waals surface area contributed by atoms with Crippen LogP contribution in [0.4, 0.5) is 0 Å². The highest BCUT2D eigenvalue weighted by Crippen LogP contribution is 2.42. The van der Waals surface area contributed by atoms with Gasteiger partial charge in [-0.05, 0) is 50.8 Å². The van der Waals surface area contributed by atoms with E-state index in [1.807, 2.05) is 6.07 Å². The van der Waals surface area contributed by atoms with Crippen LogP contribution in [-0.2, 0) is 0 Å². The molecule has 0 amide bonds. The Morgan fingerprint density at radius 1 is 1.31 bits per heavy atom. The summed E-state index contributed by atoms with van der Waals surface area (Å²) in [6.07, 6.45) is 5.71. The van der Waals surface area contributed by atoms with E-state index in [2.05, 4.69) is 38.8 Å². The SMILES string of the molecule is CC1(C(=O)c2cc(Br)sc2Br)CCCCC1. The Kier molecular flexibility index (Phi) is 3.92. The fourth-order valence-corrected chi connectivity index (χ4v) is 5.17. The summed E-state index contributed by atoms with van der Waals surface area (Å²) < 4.78 is 1.97. The fourth-order valence-electron chi connectivity index (χ4n) is 2.38. The Hall–Kier alpha value is 0.330. The van der Waals surface area contributed by atoms with Gasteiger partial charge in [0.1, 0.15) is 0 Å². The van der Waals surface area contributed by atoms with Crippen LogP contribution < -0.4 is 0 Å². The fraction of sp³-hybridized carbons (Fsp3) is 0.583. The van der Waals surface area contributed by atoms with Crippen molar-refractivity contribution in [1.29, 1.82) is 0 Å². The van der Waals surface area contributed by atoms with Gasteiger partial charge in [0.15, 0.2) is 5.78 Å². The van der Waals surface area contributed by atoms with Gasteiger partial charge >= 0.3 is 0 Å². The van der Waals surface area contributed by atoms with Crippen LogP contribution in [0.15, 0.2) is 13.6 Å². The molecule has 88 valence electrons. The van der Waals surface area contributed by atoms with Gasteiger partial charge in [0.05, 0.1) is 7.57 Å². The average molecular weight is 366 g/mol. The normalized spacial score (nSPS) is 19.7. The van der Waals surface area contributed by atoms with Crippen molar-refractivity contribution in [1.82, 2.24) is 0 Å². The standard InChI is InChI=1S/C12H14Br2OS/c1-12(5-3-2-4-6-12)10(15)8-7-9(13)16-11(8)14/h7H,2-6H2,1H3. The lowest BCUT2D eigenvalue weighted by Gasteiger charge is -2.31. The topological polar surface area (TPSA) is 17.1 Å². The number of hydrogen-bond acceptors (Lipinski definition) is 2. The molecule has 0 bridgehead atoms. The van der Waals surface area contributed by atoms with Crippen LogP contribution in [0.3, 0.4) is 0 Å². The molecule has 1 nitrogen and oxygen atoms in total. The molecular weight excluding hydrogens is 352 g/mol. The van der Waals surface area contributed by atoms with Gasteiger partial charge in [-0.15, -0.1) is 11.3 Å². The van der Waals surface area contributed by atoms with Gasteiger partial charge in [-0.1, -0.05) is 26.2 Å². The van der Waals surface area contributed by atoms with Crippen LogP contribution in [0.5, 0.6) is 0 Å². The predicted octanol–water partition coefficient (Wildman–Crippen LogP) is 5.43. The molecular formula is C12H14Br2OS. The Morgan fingerprint density at radius 3 is 2.44 bits per heavy atom. The Labute approximate surface area is 117 Å². The summed E-state index contributed by atoms with van der Waals surface area (Å²) in [4.78, 5) is 12.5. The van der Waals surface area contributed by atoms with Crippen LogP contribution in [0.2, 0.25) is 0 Å². The van der Waals surface area contributed by atoms with Crippen molar-refractivity contribution in [2.45, 2.75) is 39.0 Å². The molecule has 1 aromatic heterocycles. The second-order valence-corrected chi connectivity index (χ2v) is 8.44. The molecule has 1 aromatic rings. The Morgan fingerprint density at radius 2 is 1.94 bits per heavy atom. The highest BCUT2D eigenvalue weighted by atomic mass is 79.9. The van der Waals surface area contributed by atoms with Crippen molar-refractivity contribution in [3.05, 3.63) is 19.2 Å². The first-order chi connectivity index (χ1) is 7.53. The first kappa shape index (κ1) is 12.8. The third kappa shape index (κ3) is 2.44. The van der Waals surface area contributed by atoms with Crippen molar-refractivity contribution >= 4 is 49.0 Å². The first-order valence-corrected chi connectivity index (χ1v) is 7.93. The summed E-state index contributed by atoms with van der Waals surface area (Å²) in [7, 11) is 0. The minimum Gasteiger partial charge on any atom is -0.293 e. The van der Waals surface area contributed by atoms with E-state index in [9.17, 15) is 4.79 Å². The van der Waals surface area contributed by atoms with Crippen LogP contribution in [0.25, 0.3) is 0 Å².